The molecule has 1 heterocycles. The van der Waals surface area contributed by atoms with Crippen LogP contribution in [-0.4, -0.2) is 37.0 Å². The van der Waals surface area contributed by atoms with Gasteiger partial charge in [-0.15, -0.1) is 0 Å². The molecule has 162 valence electrons. The van der Waals surface area contributed by atoms with E-state index in [1.165, 1.54) is 36.6 Å². The molecule has 4 heteroatoms. The number of likely N-dealkylation sites (tertiary alicyclic amines) is 1. The van der Waals surface area contributed by atoms with Crippen LogP contribution < -0.4 is 10.6 Å². The Morgan fingerprint density at radius 3 is 2.74 bits per heavy atom. The van der Waals surface area contributed by atoms with E-state index >= 15 is 0 Å². The second kappa shape index (κ2) is 9.52. The largest absolute Gasteiger partial charge is 0.383 e. The molecule has 1 amide bonds. The van der Waals surface area contributed by atoms with Crippen molar-refractivity contribution in [2.45, 2.75) is 45.2 Å². The van der Waals surface area contributed by atoms with Crippen molar-refractivity contribution in [2.75, 3.05) is 25.5 Å². The monoisotopic (exact) mass is 415 g/mol. The van der Waals surface area contributed by atoms with Crippen molar-refractivity contribution in [1.82, 2.24) is 10.2 Å². The molecule has 1 saturated heterocycles. The van der Waals surface area contributed by atoms with Crippen molar-refractivity contribution in [3.8, 4) is 0 Å². The molecule has 0 unspecified atom stereocenters. The minimum atomic E-state index is -0.0782. The van der Waals surface area contributed by atoms with Gasteiger partial charge in [0.25, 0.3) is 5.91 Å². The number of rotatable bonds is 6. The number of likely N-dealkylation sites (N-methyl/N-ethyl adjacent to an activating group) is 1. The molecule has 0 bridgehead atoms. The zero-order valence-corrected chi connectivity index (χ0v) is 18.8. The van der Waals surface area contributed by atoms with Gasteiger partial charge in [0.2, 0.25) is 0 Å². The molecule has 31 heavy (non-hydrogen) atoms. The third kappa shape index (κ3) is 4.91. The van der Waals surface area contributed by atoms with Crippen LogP contribution in [0.1, 0.15) is 53.7 Å². The van der Waals surface area contributed by atoms with Gasteiger partial charge in [-0.3, -0.25) is 4.79 Å². The van der Waals surface area contributed by atoms with Crippen LogP contribution >= 0.6 is 0 Å². The van der Waals surface area contributed by atoms with Crippen molar-refractivity contribution >= 4 is 22.4 Å². The molecule has 3 aromatic carbocycles. The summed E-state index contributed by atoms with van der Waals surface area (Å²) in [5.74, 6) is -0.0311. The number of hydrogen-bond donors (Lipinski definition) is 2. The number of hydrogen-bond acceptors (Lipinski definition) is 3. The minimum Gasteiger partial charge on any atom is -0.383 e. The van der Waals surface area contributed by atoms with Crippen LogP contribution in [0, 0.1) is 6.92 Å². The van der Waals surface area contributed by atoms with Gasteiger partial charge in [-0.25, -0.2) is 0 Å². The van der Waals surface area contributed by atoms with Crippen LogP contribution in [0.5, 0.6) is 0 Å². The molecule has 4 rings (SSSR count). The lowest BCUT2D eigenvalue weighted by Crippen LogP contribution is -2.40. The first-order valence-electron chi connectivity index (χ1n) is 11.4. The van der Waals surface area contributed by atoms with Crippen molar-refractivity contribution in [3.63, 3.8) is 0 Å². The second-order valence-electron chi connectivity index (χ2n) is 8.80. The number of fused-ring (bicyclic) bond motifs is 1. The molecule has 2 atom stereocenters. The molecule has 1 fully saturated rings. The maximum atomic E-state index is 13.1. The summed E-state index contributed by atoms with van der Waals surface area (Å²) in [6.45, 7) is 6.12. The maximum Gasteiger partial charge on any atom is 0.252 e. The zero-order valence-electron chi connectivity index (χ0n) is 18.8. The Morgan fingerprint density at radius 1 is 1.10 bits per heavy atom. The first kappa shape index (κ1) is 21.4. The van der Waals surface area contributed by atoms with Crippen molar-refractivity contribution in [2.24, 2.45) is 0 Å². The van der Waals surface area contributed by atoms with Gasteiger partial charge in [0.1, 0.15) is 0 Å². The van der Waals surface area contributed by atoms with Gasteiger partial charge in [0, 0.05) is 23.8 Å². The van der Waals surface area contributed by atoms with Crippen molar-refractivity contribution < 1.29 is 4.79 Å². The fourth-order valence-corrected chi connectivity index (χ4v) is 4.59. The van der Waals surface area contributed by atoms with Crippen LogP contribution in [-0.2, 0) is 0 Å². The Morgan fingerprint density at radius 2 is 1.90 bits per heavy atom. The zero-order chi connectivity index (χ0) is 21.8. The Hall–Kier alpha value is -2.85. The highest BCUT2D eigenvalue weighted by atomic mass is 16.1. The number of piperidine rings is 1. The van der Waals surface area contributed by atoms with Crippen LogP contribution in [0.4, 0.5) is 5.69 Å². The van der Waals surface area contributed by atoms with Crippen LogP contribution in [0.25, 0.3) is 10.8 Å². The number of carbonyl (C=O) groups excluding carboxylic acids is 1. The van der Waals surface area contributed by atoms with E-state index in [0.29, 0.717) is 6.04 Å². The molecular weight excluding hydrogens is 382 g/mol. The van der Waals surface area contributed by atoms with E-state index in [4.69, 9.17) is 0 Å². The average Bonchev–Trinajstić information content (AvgIpc) is 2.79. The van der Waals surface area contributed by atoms with E-state index in [-0.39, 0.29) is 11.9 Å². The summed E-state index contributed by atoms with van der Waals surface area (Å²) in [7, 11) is 2.20. The first-order valence-corrected chi connectivity index (χ1v) is 11.4. The van der Waals surface area contributed by atoms with Gasteiger partial charge < -0.3 is 15.5 Å². The van der Waals surface area contributed by atoms with Gasteiger partial charge in [0.15, 0.2) is 0 Å². The number of carbonyl (C=O) groups is 1. The fourth-order valence-electron chi connectivity index (χ4n) is 4.59. The van der Waals surface area contributed by atoms with Gasteiger partial charge in [-0.2, -0.15) is 0 Å². The number of anilines is 1. The average molecular weight is 416 g/mol. The summed E-state index contributed by atoms with van der Waals surface area (Å²) in [6.07, 6.45) is 3.81. The summed E-state index contributed by atoms with van der Waals surface area (Å²) in [5.41, 5.74) is 3.86. The van der Waals surface area contributed by atoms with Crippen LogP contribution in [0.15, 0.2) is 60.7 Å². The molecule has 0 spiro atoms. The lowest BCUT2D eigenvalue weighted by atomic mass is 9.99. The molecule has 0 aliphatic carbocycles. The number of aryl methyl sites for hydroxylation is 1. The number of amides is 1. The summed E-state index contributed by atoms with van der Waals surface area (Å²) in [6, 6.07) is 21.1. The molecule has 0 saturated carbocycles. The highest BCUT2D eigenvalue weighted by molar-refractivity contribution is 5.97. The van der Waals surface area contributed by atoms with E-state index < -0.39 is 0 Å². The van der Waals surface area contributed by atoms with Crippen molar-refractivity contribution in [3.05, 3.63) is 77.4 Å². The molecule has 1 aliphatic rings. The third-order valence-electron chi connectivity index (χ3n) is 6.58. The van der Waals surface area contributed by atoms with Gasteiger partial charge in [-0.1, -0.05) is 55.0 Å². The number of nitrogens with one attached hydrogen (secondary N) is 2. The second-order valence-corrected chi connectivity index (χ2v) is 8.80. The highest BCUT2D eigenvalue weighted by Crippen LogP contribution is 2.25. The van der Waals surface area contributed by atoms with E-state index in [0.717, 1.165) is 28.9 Å². The molecular formula is C27H33N3O. The number of nitrogens with zero attached hydrogens (tertiary/aromatic N) is 1. The van der Waals surface area contributed by atoms with Gasteiger partial charge >= 0.3 is 0 Å². The van der Waals surface area contributed by atoms with E-state index in [1.807, 2.05) is 31.2 Å². The lowest BCUT2D eigenvalue weighted by molar-refractivity contribution is 0.0939. The standard InChI is InChI=1S/C27H33N3O/c1-19-14-15-22(28-18-23-11-6-7-16-30(23)3)17-26(19)27(31)29-20(2)24-13-8-10-21-9-4-5-12-25(21)24/h4-5,8-10,12-15,17,20,23,28H,6-7,11,16,18H2,1-3H3,(H,29,31)/t20-,23-/m1/s1. The lowest BCUT2D eigenvalue weighted by Gasteiger charge is -2.32. The molecule has 4 nitrogen and oxygen atoms in total. The Bertz CT molecular complexity index is 1060. The van der Waals surface area contributed by atoms with E-state index in [1.54, 1.807) is 0 Å². The normalized spacial score (nSPS) is 18.0. The highest BCUT2D eigenvalue weighted by Gasteiger charge is 2.19. The Kier molecular flexibility index (Phi) is 6.57. The van der Waals surface area contributed by atoms with Gasteiger partial charge in [-0.05, 0) is 74.3 Å². The molecule has 1 aliphatic heterocycles. The Labute approximate surface area is 185 Å². The topological polar surface area (TPSA) is 44.4 Å². The van der Waals surface area contributed by atoms with Gasteiger partial charge in [0.05, 0.1) is 6.04 Å². The SMILES string of the molecule is Cc1ccc(NC[C@H]2CCCCN2C)cc1C(=O)N[C@H](C)c1cccc2ccccc12. The smallest absolute Gasteiger partial charge is 0.252 e. The summed E-state index contributed by atoms with van der Waals surface area (Å²) in [5, 5.41) is 9.14. The quantitative estimate of drug-likeness (QED) is 0.556. The van der Waals surface area contributed by atoms with Crippen LogP contribution in [0.2, 0.25) is 0 Å². The molecule has 0 aromatic heterocycles. The maximum absolute atomic E-state index is 13.1. The molecule has 3 aromatic rings. The summed E-state index contributed by atoms with van der Waals surface area (Å²) >= 11 is 0. The first-order chi connectivity index (χ1) is 15.0. The van der Waals surface area contributed by atoms with E-state index in [9.17, 15) is 4.79 Å². The fraction of sp³-hybridized carbons (Fsp3) is 0.370. The van der Waals surface area contributed by atoms with E-state index in [2.05, 4.69) is 65.9 Å². The molecule has 0 radical (unpaired) electrons. The van der Waals surface area contributed by atoms with Crippen LogP contribution in [0.3, 0.4) is 0 Å². The predicted octanol–water partition coefficient (Wildman–Crippen LogP) is 5.54. The van der Waals surface area contributed by atoms with Crippen molar-refractivity contribution in [1.29, 1.82) is 0 Å². The minimum absolute atomic E-state index is 0.0311. The molecule has 2 N–H and O–H groups in total. The summed E-state index contributed by atoms with van der Waals surface area (Å²) in [4.78, 5) is 15.6. The predicted molar refractivity (Wildman–Crippen MR) is 130 cm³/mol. The Balaban J connectivity index is 1.47. The number of benzene rings is 3. The summed E-state index contributed by atoms with van der Waals surface area (Å²) < 4.78 is 0. The third-order valence-corrected chi connectivity index (χ3v) is 6.58.